The van der Waals surface area contributed by atoms with Crippen molar-refractivity contribution in [2.75, 3.05) is 14.6 Å². The Morgan fingerprint density at radius 2 is 0.892 bits per heavy atom. The van der Waals surface area contributed by atoms with Crippen LogP contribution < -0.4 is 24.9 Å². The zero-order chi connectivity index (χ0) is 58.0. The van der Waals surface area contributed by atoms with E-state index in [0.717, 1.165) is 50.4 Å². The summed E-state index contributed by atoms with van der Waals surface area (Å²) in [5, 5.41) is 6.05. The predicted molar refractivity (Wildman–Crippen MR) is 364 cm³/mol. The highest BCUT2D eigenvalue weighted by Gasteiger charge is 2.49. The number of hydrogen-bond donors (Lipinski definition) is 0. The summed E-state index contributed by atoms with van der Waals surface area (Å²) in [5.74, 6) is 0. The third-order valence-electron chi connectivity index (χ3n) is 17.8. The Morgan fingerprint density at radius 3 is 1.47 bits per heavy atom. The monoisotopic (exact) mass is 1120 g/mol. The number of anilines is 8. The van der Waals surface area contributed by atoms with E-state index >= 15 is 0 Å². The first-order valence-corrected chi connectivity index (χ1v) is 31.3. The second kappa shape index (κ2) is 18.5. The normalized spacial score (nSPS) is 13.9. The summed E-state index contributed by atoms with van der Waals surface area (Å²) >= 11 is 3.85. The molecule has 0 saturated heterocycles. The van der Waals surface area contributed by atoms with Crippen molar-refractivity contribution in [1.29, 1.82) is 0 Å². The Balaban J connectivity index is 1.06. The lowest BCUT2D eigenvalue weighted by molar-refractivity contribution is 0.590. The average molecular weight is 1120 g/mol. The molecule has 5 heterocycles. The number of thiophene rings is 2. The van der Waals surface area contributed by atoms with Gasteiger partial charge in [-0.1, -0.05) is 183 Å². The maximum Gasteiger partial charge on any atom is 0.343 e. The smallest absolute Gasteiger partial charge is 0.343 e. The van der Waals surface area contributed by atoms with E-state index in [1.54, 1.807) is 0 Å². The lowest BCUT2D eigenvalue weighted by Gasteiger charge is -2.44. The van der Waals surface area contributed by atoms with Gasteiger partial charge in [0.1, 0.15) is 5.58 Å². The summed E-state index contributed by atoms with van der Waals surface area (Å²) < 4.78 is 12.4. The maximum absolute atomic E-state index is 7.31. The standard InChI is InChI=1S/C76H74BN3OS2/c1-72(2,3)45-20-29-50(30-21-45)78(51-31-22-46(23-32-51)73(4,5)6)54-37-38-56-58-42-57-59-43-60-55-18-16-17-19-63(55)81-70(60)69-67(59)77(80(62(57)44-66(58)82-65(56)41-54)53-35-26-48(27-36-53)75(10,11)12)71-68(61-40-49(76(13,14)15)28-39-64(61)83-71)79(69)52-33-24-47(25-34-52)74(7,8)9/h16-44H,1-15H3. The first-order chi connectivity index (χ1) is 39.3. The van der Waals surface area contributed by atoms with Gasteiger partial charge in [0.25, 0.3) is 0 Å². The van der Waals surface area contributed by atoms with E-state index in [4.69, 9.17) is 4.42 Å². The molecule has 0 bridgehead atoms. The molecule has 9 aromatic carbocycles. The van der Waals surface area contributed by atoms with Crippen molar-refractivity contribution in [1.82, 2.24) is 0 Å². The first kappa shape index (κ1) is 53.4. The van der Waals surface area contributed by atoms with Gasteiger partial charge in [-0.25, -0.2) is 0 Å². The number of para-hydroxylation sites is 1. The molecule has 414 valence electrons. The lowest BCUT2D eigenvalue weighted by Crippen LogP contribution is -2.60. The molecule has 0 N–H and O–H groups in total. The Labute approximate surface area is 499 Å². The highest BCUT2D eigenvalue weighted by atomic mass is 32.1. The molecule has 3 aromatic heterocycles. The van der Waals surface area contributed by atoms with Crippen LogP contribution in [0.1, 0.15) is 132 Å². The fraction of sp³-hybridized carbons (Fsp3) is 0.263. The molecule has 0 aliphatic carbocycles. The number of benzene rings is 9. The van der Waals surface area contributed by atoms with Crippen LogP contribution in [0.25, 0.3) is 63.3 Å². The fourth-order valence-corrected chi connectivity index (χ4v) is 15.4. The van der Waals surface area contributed by atoms with Gasteiger partial charge < -0.3 is 19.0 Å². The van der Waals surface area contributed by atoms with E-state index in [9.17, 15) is 0 Å². The van der Waals surface area contributed by atoms with Crippen LogP contribution in [-0.2, 0) is 27.1 Å². The van der Waals surface area contributed by atoms with Gasteiger partial charge in [0.2, 0.25) is 0 Å². The fourth-order valence-electron chi connectivity index (χ4n) is 13.0. The van der Waals surface area contributed by atoms with Crippen molar-refractivity contribution in [2.45, 2.75) is 131 Å². The molecule has 0 spiro atoms. The highest BCUT2D eigenvalue weighted by Crippen LogP contribution is 2.55. The molecule has 0 amide bonds. The summed E-state index contributed by atoms with van der Waals surface area (Å²) in [6.45, 7) is 34.4. The van der Waals surface area contributed by atoms with Crippen LogP contribution >= 0.6 is 22.7 Å². The van der Waals surface area contributed by atoms with Gasteiger partial charge in [0, 0.05) is 85.5 Å². The molecular weight excluding hydrogens is 1050 g/mol. The molecule has 7 heteroatoms. The second-order valence-electron chi connectivity index (χ2n) is 28.7. The van der Waals surface area contributed by atoms with Crippen LogP contribution in [0, 0.1) is 0 Å². The molecule has 0 unspecified atom stereocenters. The minimum Gasteiger partial charge on any atom is -0.454 e. The van der Waals surface area contributed by atoms with E-state index in [1.807, 2.05) is 22.7 Å². The van der Waals surface area contributed by atoms with Gasteiger partial charge >= 0.3 is 6.85 Å². The molecule has 0 fully saturated rings. The van der Waals surface area contributed by atoms with Gasteiger partial charge in [-0.2, -0.15) is 0 Å². The largest absolute Gasteiger partial charge is 0.454 e. The lowest BCUT2D eigenvalue weighted by atomic mass is 9.46. The molecular formula is C76H74BN3OS2. The molecule has 83 heavy (non-hydrogen) atoms. The van der Waals surface area contributed by atoms with Crippen molar-refractivity contribution in [3.05, 3.63) is 204 Å². The second-order valence-corrected chi connectivity index (χ2v) is 30.9. The molecule has 4 nitrogen and oxygen atoms in total. The summed E-state index contributed by atoms with van der Waals surface area (Å²) in [7, 11) is 0. The molecule has 0 saturated carbocycles. The number of fused-ring (bicyclic) bond motifs is 13. The first-order valence-electron chi connectivity index (χ1n) is 29.7. The average Bonchev–Trinajstić information content (AvgIpc) is 1.83. The molecule has 14 rings (SSSR count). The van der Waals surface area contributed by atoms with Gasteiger partial charge in [-0.15, -0.1) is 22.7 Å². The topological polar surface area (TPSA) is 22.9 Å². The summed E-state index contributed by atoms with van der Waals surface area (Å²) in [6.07, 6.45) is 0. The van der Waals surface area contributed by atoms with E-state index in [2.05, 4.69) is 294 Å². The van der Waals surface area contributed by atoms with Gasteiger partial charge in [-0.05, 0) is 163 Å². The van der Waals surface area contributed by atoms with Crippen molar-refractivity contribution in [3.63, 3.8) is 0 Å². The Hall–Kier alpha value is -7.58. The highest BCUT2D eigenvalue weighted by molar-refractivity contribution is 7.32. The minimum absolute atomic E-state index is 0.00706. The van der Waals surface area contributed by atoms with Gasteiger partial charge in [0.15, 0.2) is 5.58 Å². The molecule has 0 atom stereocenters. The molecule has 2 aliphatic heterocycles. The Morgan fingerprint density at radius 1 is 0.386 bits per heavy atom. The van der Waals surface area contributed by atoms with Gasteiger partial charge in [0.05, 0.1) is 11.4 Å². The van der Waals surface area contributed by atoms with Crippen molar-refractivity contribution >= 4 is 137 Å². The summed E-state index contributed by atoms with van der Waals surface area (Å²) in [6, 6.07) is 67.9. The quantitative estimate of drug-likeness (QED) is 0.160. The zero-order valence-corrected chi connectivity index (χ0v) is 52.5. The van der Waals surface area contributed by atoms with Crippen molar-refractivity contribution in [3.8, 4) is 11.1 Å². The molecule has 2 aliphatic rings. The Kier molecular flexibility index (Phi) is 11.9. The van der Waals surface area contributed by atoms with E-state index < -0.39 is 0 Å². The predicted octanol–water partition coefficient (Wildman–Crippen LogP) is 21.8. The summed E-state index contributed by atoms with van der Waals surface area (Å²) in [4.78, 5) is 7.73. The third kappa shape index (κ3) is 8.73. The maximum atomic E-state index is 7.31. The van der Waals surface area contributed by atoms with Gasteiger partial charge in [-0.3, -0.25) is 0 Å². The zero-order valence-electron chi connectivity index (χ0n) is 50.9. The van der Waals surface area contributed by atoms with Crippen LogP contribution in [0.2, 0.25) is 0 Å². The minimum atomic E-state index is -0.178. The van der Waals surface area contributed by atoms with E-state index in [0.29, 0.717) is 0 Å². The van der Waals surface area contributed by atoms with Crippen LogP contribution in [-0.4, -0.2) is 6.85 Å². The van der Waals surface area contributed by atoms with Crippen LogP contribution in [0.15, 0.2) is 180 Å². The number of furan rings is 1. The van der Waals surface area contributed by atoms with E-state index in [-0.39, 0.29) is 33.9 Å². The number of nitrogens with zero attached hydrogens (tertiary/aromatic N) is 3. The SMILES string of the molecule is CC(C)(C)c1ccc(N2B3c4sc5ccc(C(C)(C)C)cc5c4N(c4ccc(C(C)(C)C)cc4)c4c3c(cc3c4oc4ccccc43)-c3cc4c(cc32)sc2cc(N(c3ccc(C(C)(C)C)cc3)c3ccc(C(C)(C)C)cc3)ccc24)cc1. The molecule has 0 radical (unpaired) electrons. The number of rotatable bonds is 5. The van der Waals surface area contributed by atoms with Crippen LogP contribution in [0.5, 0.6) is 0 Å². The van der Waals surface area contributed by atoms with E-state index in [1.165, 1.54) is 96.5 Å². The third-order valence-corrected chi connectivity index (χ3v) is 20.2. The number of hydrogen-bond acceptors (Lipinski definition) is 6. The summed E-state index contributed by atoms with van der Waals surface area (Å²) in [5.41, 5.74) is 21.4. The molecule has 12 aromatic rings. The van der Waals surface area contributed by atoms with Crippen molar-refractivity contribution in [2.24, 2.45) is 0 Å². The van der Waals surface area contributed by atoms with Crippen molar-refractivity contribution < 1.29 is 4.42 Å². The van der Waals surface area contributed by atoms with Crippen LogP contribution in [0.4, 0.5) is 45.5 Å². The van der Waals surface area contributed by atoms with Crippen LogP contribution in [0.3, 0.4) is 0 Å². The Bertz CT molecular complexity index is 4510.